The summed E-state index contributed by atoms with van der Waals surface area (Å²) in [6, 6.07) is 0.612. The van der Waals surface area contributed by atoms with Crippen molar-refractivity contribution in [2.24, 2.45) is 0 Å². The van der Waals surface area contributed by atoms with Crippen molar-refractivity contribution in [3.63, 3.8) is 0 Å². The van der Waals surface area contributed by atoms with Gasteiger partial charge in [-0.15, -0.1) is 5.10 Å². The molecule has 12 heavy (non-hydrogen) atoms. The van der Waals surface area contributed by atoms with E-state index in [-0.39, 0.29) is 0 Å². The Kier molecular flexibility index (Phi) is 2.40. The van der Waals surface area contributed by atoms with E-state index < -0.39 is 0 Å². The van der Waals surface area contributed by atoms with Crippen LogP contribution in [0.4, 0.5) is 0 Å². The number of rotatable bonds is 1. The second kappa shape index (κ2) is 3.53. The molecule has 0 bridgehead atoms. The molecule has 1 aromatic rings. The molecule has 1 saturated carbocycles. The molecule has 1 fully saturated rings. The molecule has 1 unspecified atom stereocenters. The van der Waals surface area contributed by atoms with Gasteiger partial charge in [0.15, 0.2) is 0 Å². The third kappa shape index (κ3) is 1.66. The minimum Gasteiger partial charge on any atom is -0.249 e. The molecule has 2 rings (SSSR count). The van der Waals surface area contributed by atoms with Crippen molar-refractivity contribution in [3.8, 4) is 0 Å². The summed E-state index contributed by atoms with van der Waals surface area (Å²) in [5.74, 6) is 0. The molecule has 1 aliphatic rings. The van der Waals surface area contributed by atoms with Crippen LogP contribution in [-0.2, 0) is 0 Å². The third-order valence-corrected chi connectivity index (χ3v) is 2.74. The molecule has 0 spiro atoms. The van der Waals surface area contributed by atoms with Crippen LogP contribution in [0.25, 0.3) is 0 Å². The van der Waals surface area contributed by atoms with E-state index in [0.29, 0.717) is 6.04 Å². The lowest BCUT2D eigenvalue weighted by Crippen LogP contribution is -2.13. The fraction of sp³-hybridized carbons (Fsp3) is 0.750. The minimum atomic E-state index is 0.612. The summed E-state index contributed by atoms with van der Waals surface area (Å²) in [6.07, 6.45) is 8.63. The molecular weight excluding hydrogens is 169 g/mol. The minimum absolute atomic E-state index is 0.612. The first-order valence-corrected chi connectivity index (χ1v) is 5.11. The second-order valence-electron chi connectivity index (χ2n) is 3.42. The lowest BCUT2D eigenvalue weighted by atomic mass is 9.96. The van der Waals surface area contributed by atoms with Gasteiger partial charge in [0.2, 0.25) is 0 Å². The highest BCUT2D eigenvalue weighted by molar-refractivity contribution is 7.26. The van der Waals surface area contributed by atoms with Crippen molar-refractivity contribution in [1.29, 1.82) is 0 Å². The van der Waals surface area contributed by atoms with E-state index in [1.807, 2.05) is 10.9 Å². The molecular formula is C8H14N3P. The van der Waals surface area contributed by atoms with Gasteiger partial charge in [0.1, 0.15) is 0 Å². The third-order valence-electron chi connectivity index (χ3n) is 2.48. The smallest absolute Gasteiger partial charge is 0.0990 e. The van der Waals surface area contributed by atoms with Crippen molar-refractivity contribution in [2.45, 2.75) is 38.1 Å². The van der Waals surface area contributed by atoms with Crippen LogP contribution in [-0.4, -0.2) is 15.0 Å². The Morgan fingerprint density at radius 2 is 2.08 bits per heavy atom. The van der Waals surface area contributed by atoms with E-state index in [4.69, 9.17) is 0 Å². The second-order valence-corrected chi connectivity index (χ2v) is 4.01. The number of aromatic nitrogens is 3. The van der Waals surface area contributed by atoms with Crippen molar-refractivity contribution in [3.05, 3.63) is 6.20 Å². The molecule has 66 valence electrons. The van der Waals surface area contributed by atoms with Crippen molar-refractivity contribution >= 4 is 14.7 Å². The molecule has 0 aliphatic heterocycles. The van der Waals surface area contributed by atoms with Crippen LogP contribution in [0.3, 0.4) is 0 Å². The Balaban J connectivity index is 2.08. The van der Waals surface area contributed by atoms with Gasteiger partial charge in [-0.3, -0.25) is 0 Å². The molecule has 0 radical (unpaired) electrons. The fourth-order valence-electron chi connectivity index (χ4n) is 1.81. The lowest BCUT2D eigenvalue weighted by Gasteiger charge is -2.20. The predicted octanol–water partition coefficient (Wildman–Crippen LogP) is 1.28. The predicted molar refractivity (Wildman–Crippen MR) is 51.5 cm³/mol. The molecule has 0 aromatic carbocycles. The molecule has 4 heteroatoms. The summed E-state index contributed by atoms with van der Waals surface area (Å²) in [6.45, 7) is 0. The maximum atomic E-state index is 4.09. The fourth-order valence-corrected chi connectivity index (χ4v) is 2.02. The summed E-state index contributed by atoms with van der Waals surface area (Å²) in [7, 11) is 2.58. The summed E-state index contributed by atoms with van der Waals surface area (Å²) in [5, 5.41) is 8.05. The number of nitrogens with zero attached hydrogens (tertiary/aromatic N) is 3. The van der Waals surface area contributed by atoms with Gasteiger partial charge in [0, 0.05) is 0 Å². The highest BCUT2D eigenvalue weighted by Crippen LogP contribution is 2.26. The lowest BCUT2D eigenvalue weighted by molar-refractivity contribution is 0.324. The number of hydrogen-bond acceptors (Lipinski definition) is 2. The van der Waals surface area contributed by atoms with Crippen LogP contribution < -0.4 is 5.44 Å². The van der Waals surface area contributed by atoms with Crippen LogP contribution in [0.5, 0.6) is 0 Å². The first kappa shape index (κ1) is 8.18. The summed E-state index contributed by atoms with van der Waals surface area (Å²) < 4.78 is 2.02. The number of hydrogen-bond donors (Lipinski definition) is 0. The van der Waals surface area contributed by atoms with Crippen LogP contribution in [0.1, 0.15) is 38.1 Å². The first-order chi connectivity index (χ1) is 5.86. The molecule has 1 aromatic heterocycles. The molecule has 0 N–H and O–H groups in total. The monoisotopic (exact) mass is 183 g/mol. The average molecular weight is 183 g/mol. The first-order valence-electron chi connectivity index (χ1n) is 4.53. The van der Waals surface area contributed by atoms with Gasteiger partial charge >= 0.3 is 0 Å². The SMILES string of the molecule is Pc1cn(C2CCCCC2)nn1. The van der Waals surface area contributed by atoms with Crippen LogP contribution >= 0.6 is 9.24 Å². The van der Waals surface area contributed by atoms with E-state index in [9.17, 15) is 0 Å². The van der Waals surface area contributed by atoms with Gasteiger partial charge in [-0.2, -0.15) is 0 Å². The topological polar surface area (TPSA) is 30.7 Å². The summed E-state index contributed by atoms with van der Waals surface area (Å²) in [4.78, 5) is 0. The Hall–Kier alpha value is -0.430. The standard InChI is InChI=1S/C8H14N3P/c12-8-6-11(10-9-8)7-4-2-1-3-5-7/h6-7H,1-5,12H2. The van der Waals surface area contributed by atoms with Gasteiger partial charge in [-0.05, 0) is 12.8 Å². The van der Waals surface area contributed by atoms with Crippen LogP contribution in [0, 0.1) is 0 Å². The quantitative estimate of drug-likeness (QED) is 0.614. The Morgan fingerprint density at radius 3 is 2.67 bits per heavy atom. The van der Waals surface area contributed by atoms with E-state index in [2.05, 4.69) is 19.6 Å². The zero-order valence-corrected chi connectivity index (χ0v) is 8.26. The van der Waals surface area contributed by atoms with Gasteiger partial charge in [-0.25, -0.2) is 4.68 Å². The summed E-state index contributed by atoms with van der Waals surface area (Å²) in [5.41, 5.74) is 0.945. The molecule has 1 atom stereocenters. The van der Waals surface area contributed by atoms with Gasteiger partial charge < -0.3 is 0 Å². The molecule has 0 saturated heterocycles. The van der Waals surface area contributed by atoms with Crippen molar-refractivity contribution in [1.82, 2.24) is 15.0 Å². The van der Waals surface area contributed by atoms with E-state index >= 15 is 0 Å². The molecule has 3 nitrogen and oxygen atoms in total. The normalized spacial score (nSPS) is 19.8. The van der Waals surface area contributed by atoms with E-state index in [1.165, 1.54) is 32.1 Å². The molecule has 1 aliphatic carbocycles. The van der Waals surface area contributed by atoms with Crippen molar-refractivity contribution in [2.75, 3.05) is 0 Å². The van der Waals surface area contributed by atoms with E-state index in [0.717, 1.165) is 5.44 Å². The highest BCUT2D eigenvalue weighted by atomic mass is 31.0. The maximum Gasteiger partial charge on any atom is 0.0990 e. The maximum absolute atomic E-state index is 4.09. The Labute approximate surface area is 74.7 Å². The zero-order valence-electron chi connectivity index (χ0n) is 7.11. The van der Waals surface area contributed by atoms with Crippen molar-refractivity contribution < 1.29 is 0 Å². The van der Waals surface area contributed by atoms with E-state index in [1.54, 1.807) is 0 Å². The van der Waals surface area contributed by atoms with Crippen LogP contribution in [0.15, 0.2) is 6.20 Å². The van der Waals surface area contributed by atoms with Gasteiger partial charge in [0.25, 0.3) is 0 Å². The van der Waals surface area contributed by atoms with Gasteiger partial charge in [-0.1, -0.05) is 33.7 Å². The van der Waals surface area contributed by atoms with Crippen LogP contribution in [0.2, 0.25) is 0 Å². The molecule has 1 heterocycles. The zero-order chi connectivity index (χ0) is 8.39. The van der Waals surface area contributed by atoms with Gasteiger partial charge in [0.05, 0.1) is 17.7 Å². The average Bonchev–Trinajstić information content (AvgIpc) is 2.54. The highest BCUT2D eigenvalue weighted by Gasteiger charge is 2.15. The summed E-state index contributed by atoms with van der Waals surface area (Å²) >= 11 is 0. The largest absolute Gasteiger partial charge is 0.249 e. The molecule has 0 amide bonds. The Morgan fingerprint density at radius 1 is 1.33 bits per heavy atom. The Bertz CT molecular complexity index is 253.